The van der Waals surface area contributed by atoms with Gasteiger partial charge < -0.3 is 15.3 Å². The summed E-state index contributed by atoms with van der Waals surface area (Å²) in [7, 11) is 0. The highest BCUT2D eigenvalue weighted by Crippen LogP contribution is 2.35. The summed E-state index contributed by atoms with van der Waals surface area (Å²) in [5.41, 5.74) is 1.12. The molecule has 0 spiro atoms. The molecule has 28 heavy (non-hydrogen) atoms. The van der Waals surface area contributed by atoms with Crippen molar-refractivity contribution in [1.29, 1.82) is 0 Å². The average molecular weight is 420 g/mol. The molecule has 3 rings (SSSR count). The van der Waals surface area contributed by atoms with Gasteiger partial charge in [-0.2, -0.15) is 0 Å². The van der Waals surface area contributed by atoms with Crippen LogP contribution in [0, 0.1) is 10.1 Å². The first-order chi connectivity index (χ1) is 13.2. The molecule has 3 N–H and O–H groups in total. The molecule has 0 heterocycles. The first kappa shape index (κ1) is 19.8. The Morgan fingerprint density at radius 2 is 1.18 bits per heavy atom. The molecule has 144 valence electrons. The third-order valence-electron chi connectivity index (χ3n) is 4.31. The standard InChI is InChI=1S/C20H15Cl2NO5/c21-15-1-3-18(24)11(7-15)5-13-9-17(23(27)28)10-14(20(13)26)6-12-8-16(22)2-4-19(12)25/h1-4,7-10,24-26H,5-6H2. The van der Waals surface area contributed by atoms with Crippen LogP contribution < -0.4 is 0 Å². The largest absolute Gasteiger partial charge is 0.508 e. The number of nitro benzene ring substituents is 1. The smallest absolute Gasteiger partial charge is 0.270 e. The van der Waals surface area contributed by atoms with Crippen molar-refractivity contribution in [1.82, 2.24) is 0 Å². The van der Waals surface area contributed by atoms with Crippen LogP contribution in [-0.2, 0) is 12.8 Å². The Bertz CT molecular complexity index is 994. The maximum absolute atomic E-state index is 11.3. The Labute approximate surface area is 170 Å². The molecule has 0 bridgehead atoms. The zero-order chi connectivity index (χ0) is 20.4. The van der Waals surface area contributed by atoms with Gasteiger partial charge in [0, 0.05) is 46.1 Å². The molecule has 0 saturated heterocycles. The molecular weight excluding hydrogens is 405 g/mol. The Kier molecular flexibility index (Phi) is 5.63. The van der Waals surface area contributed by atoms with Crippen LogP contribution in [0.2, 0.25) is 10.0 Å². The van der Waals surface area contributed by atoms with Crippen molar-refractivity contribution in [3.8, 4) is 17.2 Å². The fourth-order valence-corrected chi connectivity index (χ4v) is 3.31. The number of nitro groups is 1. The number of phenolic OH excluding ortho intramolecular Hbond substituents is 3. The second kappa shape index (κ2) is 7.96. The fraction of sp³-hybridized carbons (Fsp3) is 0.100. The number of non-ortho nitro benzene ring substituents is 1. The predicted molar refractivity (Wildman–Crippen MR) is 107 cm³/mol. The quantitative estimate of drug-likeness (QED) is 0.389. The van der Waals surface area contributed by atoms with Gasteiger partial charge in [-0.15, -0.1) is 0 Å². The molecular formula is C20H15Cl2NO5. The second-order valence-electron chi connectivity index (χ2n) is 6.27. The molecule has 0 saturated carbocycles. The van der Waals surface area contributed by atoms with Crippen molar-refractivity contribution in [2.75, 3.05) is 0 Å². The molecule has 0 aliphatic rings. The summed E-state index contributed by atoms with van der Waals surface area (Å²) in [4.78, 5) is 10.8. The number of halogens is 2. The third kappa shape index (κ3) is 4.30. The number of phenols is 3. The number of hydrogen-bond acceptors (Lipinski definition) is 5. The maximum atomic E-state index is 11.3. The minimum absolute atomic E-state index is 0.0361. The lowest BCUT2D eigenvalue weighted by atomic mass is 9.96. The summed E-state index contributed by atoms with van der Waals surface area (Å²) in [5, 5.41) is 42.8. The molecule has 0 unspecified atom stereocenters. The van der Waals surface area contributed by atoms with E-state index in [1.165, 1.54) is 48.5 Å². The SMILES string of the molecule is O=[N+]([O-])c1cc(Cc2cc(Cl)ccc2O)c(O)c(Cc2cc(Cl)ccc2O)c1. The number of aromatic hydroxyl groups is 3. The summed E-state index contributed by atoms with van der Waals surface area (Å²) in [6.45, 7) is 0. The lowest BCUT2D eigenvalue weighted by Gasteiger charge is -2.12. The molecule has 0 aliphatic heterocycles. The van der Waals surface area contributed by atoms with Crippen LogP contribution in [0.25, 0.3) is 0 Å². The van der Waals surface area contributed by atoms with Crippen molar-refractivity contribution < 1.29 is 20.2 Å². The summed E-state index contributed by atoms with van der Waals surface area (Å²) in [6, 6.07) is 11.4. The molecule has 0 radical (unpaired) electrons. The monoisotopic (exact) mass is 419 g/mol. The van der Waals surface area contributed by atoms with E-state index in [0.29, 0.717) is 21.2 Å². The van der Waals surface area contributed by atoms with E-state index in [9.17, 15) is 25.4 Å². The number of nitrogens with zero attached hydrogens (tertiary/aromatic N) is 1. The van der Waals surface area contributed by atoms with Gasteiger partial charge in [0.1, 0.15) is 17.2 Å². The van der Waals surface area contributed by atoms with Crippen LogP contribution in [0.3, 0.4) is 0 Å². The molecule has 0 amide bonds. The van der Waals surface area contributed by atoms with Gasteiger partial charge in [0.25, 0.3) is 5.69 Å². The Morgan fingerprint density at radius 1 is 0.750 bits per heavy atom. The Balaban J connectivity index is 2.07. The van der Waals surface area contributed by atoms with Gasteiger partial charge in [0.15, 0.2) is 0 Å². The van der Waals surface area contributed by atoms with Crippen molar-refractivity contribution in [3.63, 3.8) is 0 Å². The molecule has 8 heteroatoms. The minimum atomic E-state index is -0.567. The number of rotatable bonds is 5. The van der Waals surface area contributed by atoms with Crippen LogP contribution in [0.4, 0.5) is 5.69 Å². The number of benzene rings is 3. The first-order valence-electron chi connectivity index (χ1n) is 8.18. The highest BCUT2D eigenvalue weighted by atomic mass is 35.5. The van der Waals surface area contributed by atoms with E-state index < -0.39 is 4.92 Å². The zero-order valence-corrected chi connectivity index (χ0v) is 15.9. The lowest BCUT2D eigenvalue weighted by Crippen LogP contribution is -1.99. The molecule has 0 atom stereocenters. The van der Waals surface area contributed by atoms with E-state index >= 15 is 0 Å². The molecule has 6 nitrogen and oxygen atoms in total. The highest BCUT2D eigenvalue weighted by molar-refractivity contribution is 6.31. The second-order valence-corrected chi connectivity index (χ2v) is 7.14. The molecule has 3 aromatic rings. The van der Waals surface area contributed by atoms with E-state index in [0.717, 1.165) is 0 Å². The first-order valence-corrected chi connectivity index (χ1v) is 8.94. The Hall–Kier alpha value is -2.96. The van der Waals surface area contributed by atoms with Crippen LogP contribution in [0.5, 0.6) is 17.2 Å². The van der Waals surface area contributed by atoms with Crippen molar-refractivity contribution in [2.24, 2.45) is 0 Å². The van der Waals surface area contributed by atoms with Gasteiger partial charge in [-0.25, -0.2) is 0 Å². The van der Waals surface area contributed by atoms with Gasteiger partial charge in [-0.3, -0.25) is 10.1 Å². The lowest BCUT2D eigenvalue weighted by molar-refractivity contribution is -0.385. The Morgan fingerprint density at radius 3 is 1.57 bits per heavy atom. The van der Waals surface area contributed by atoms with Crippen molar-refractivity contribution >= 4 is 28.9 Å². The highest BCUT2D eigenvalue weighted by Gasteiger charge is 2.19. The van der Waals surface area contributed by atoms with Gasteiger partial charge in [0.2, 0.25) is 0 Å². The number of hydrogen-bond donors (Lipinski definition) is 3. The van der Waals surface area contributed by atoms with E-state index in [1.54, 1.807) is 0 Å². The predicted octanol–water partition coefficient (Wildman–Crippen LogP) is 5.20. The van der Waals surface area contributed by atoms with Gasteiger partial charge in [-0.1, -0.05) is 23.2 Å². The maximum Gasteiger partial charge on any atom is 0.270 e. The minimum Gasteiger partial charge on any atom is -0.508 e. The van der Waals surface area contributed by atoms with E-state index in [2.05, 4.69) is 0 Å². The van der Waals surface area contributed by atoms with Crippen molar-refractivity contribution in [3.05, 3.63) is 90.9 Å². The molecule has 0 aliphatic carbocycles. The summed E-state index contributed by atoms with van der Waals surface area (Å²) >= 11 is 11.9. The van der Waals surface area contributed by atoms with E-state index in [1.807, 2.05) is 0 Å². The average Bonchev–Trinajstić information content (AvgIpc) is 2.64. The van der Waals surface area contributed by atoms with Gasteiger partial charge >= 0.3 is 0 Å². The van der Waals surface area contributed by atoms with E-state index in [-0.39, 0.29) is 46.9 Å². The third-order valence-corrected chi connectivity index (χ3v) is 4.78. The molecule has 3 aromatic carbocycles. The summed E-state index contributed by atoms with van der Waals surface area (Å²) < 4.78 is 0. The fourth-order valence-electron chi connectivity index (χ4n) is 2.92. The van der Waals surface area contributed by atoms with Gasteiger partial charge in [-0.05, 0) is 47.5 Å². The molecule has 0 aromatic heterocycles. The van der Waals surface area contributed by atoms with Gasteiger partial charge in [0.05, 0.1) is 4.92 Å². The normalized spacial score (nSPS) is 10.8. The van der Waals surface area contributed by atoms with Crippen molar-refractivity contribution in [2.45, 2.75) is 12.8 Å². The van der Waals surface area contributed by atoms with Crippen LogP contribution in [0.1, 0.15) is 22.3 Å². The van der Waals surface area contributed by atoms with Crippen LogP contribution >= 0.6 is 23.2 Å². The summed E-state index contributed by atoms with van der Waals surface area (Å²) in [6.07, 6.45) is 0.0723. The van der Waals surface area contributed by atoms with Crippen LogP contribution in [0.15, 0.2) is 48.5 Å². The summed E-state index contributed by atoms with van der Waals surface area (Å²) in [5.74, 6) is -0.238. The zero-order valence-electron chi connectivity index (χ0n) is 14.4. The molecule has 0 fully saturated rings. The van der Waals surface area contributed by atoms with E-state index in [4.69, 9.17) is 23.2 Å². The van der Waals surface area contributed by atoms with Crippen LogP contribution in [-0.4, -0.2) is 20.2 Å². The topological polar surface area (TPSA) is 104 Å².